The molecule has 1 unspecified atom stereocenters. The predicted octanol–water partition coefficient (Wildman–Crippen LogP) is 7.37. The molecule has 0 aliphatic heterocycles. The van der Waals surface area contributed by atoms with Crippen LogP contribution in [0.2, 0.25) is 0 Å². The third-order valence-electron chi connectivity index (χ3n) is 12.1. The van der Waals surface area contributed by atoms with Crippen LogP contribution >= 0.6 is 0 Å². The Balaban J connectivity index is 1.80. The third kappa shape index (κ3) is 4.48. The number of aliphatic hydroxyl groups is 1. The number of hydrogen-bond donors (Lipinski definition) is 1. The number of carbonyl (C=O) groups excluding carboxylic acids is 2. The molecule has 4 aliphatic carbocycles. The van der Waals surface area contributed by atoms with Gasteiger partial charge in [-0.2, -0.15) is 5.26 Å². The molecule has 0 aromatic heterocycles. The molecule has 204 valence electrons. The van der Waals surface area contributed by atoms with E-state index in [1.54, 1.807) is 6.92 Å². The van der Waals surface area contributed by atoms with Gasteiger partial charge in [0.15, 0.2) is 11.6 Å². The van der Waals surface area contributed by atoms with Crippen molar-refractivity contribution in [3.63, 3.8) is 0 Å². The van der Waals surface area contributed by atoms with Crippen LogP contribution in [0.4, 0.5) is 0 Å². The van der Waals surface area contributed by atoms with Crippen LogP contribution in [0.5, 0.6) is 0 Å². The first-order valence-corrected chi connectivity index (χ1v) is 14.7. The second-order valence-electron chi connectivity index (χ2n) is 14.8. The topological polar surface area (TPSA) is 78.2 Å². The molecule has 0 aromatic rings. The van der Waals surface area contributed by atoms with E-state index >= 15 is 0 Å². The number of allylic oxidation sites excluding steroid dienone is 4. The average Bonchev–Trinajstić information content (AvgIpc) is 2.82. The summed E-state index contributed by atoms with van der Waals surface area (Å²) in [6, 6.07) is 2.18. The smallest absolute Gasteiger partial charge is 0.176 e. The van der Waals surface area contributed by atoms with Crippen LogP contribution in [-0.4, -0.2) is 23.3 Å². The van der Waals surface area contributed by atoms with Gasteiger partial charge in [0.2, 0.25) is 0 Å². The zero-order chi connectivity index (χ0) is 27.4. The normalized spacial score (nSPS) is 44.4. The van der Waals surface area contributed by atoms with E-state index in [0.717, 1.165) is 44.1 Å². The van der Waals surface area contributed by atoms with Gasteiger partial charge in [0.25, 0.3) is 0 Å². The second kappa shape index (κ2) is 9.48. The fourth-order valence-electron chi connectivity index (χ4n) is 9.61. The molecule has 0 aromatic carbocycles. The van der Waals surface area contributed by atoms with Crippen molar-refractivity contribution in [2.75, 3.05) is 6.61 Å². The number of carbonyl (C=O) groups is 2. The minimum Gasteiger partial charge on any atom is -0.396 e. The lowest BCUT2D eigenvalue weighted by Gasteiger charge is -2.65. The fourth-order valence-corrected chi connectivity index (χ4v) is 9.61. The van der Waals surface area contributed by atoms with Crippen LogP contribution < -0.4 is 0 Å². The first-order valence-electron chi connectivity index (χ1n) is 14.7. The Hall–Kier alpha value is -1.73. The largest absolute Gasteiger partial charge is 0.396 e. The molecule has 4 nitrogen and oxygen atoms in total. The van der Waals surface area contributed by atoms with Crippen molar-refractivity contribution >= 4 is 11.6 Å². The molecule has 0 bridgehead atoms. The summed E-state index contributed by atoms with van der Waals surface area (Å²) in [5.41, 5.74) is 1.42. The molecule has 0 spiro atoms. The van der Waals surface area contributed by atoms with Crippen LogP contribution in [0, 0.1) is 56.2 Å². The Labute approximate surface area is 225 Å². The minimum absolute atomic E-state index is 0.0222. The monoisotopic (exact) mass is 507 g/mol. The standard InChI is InChI=1S/C33H49NO3/c1-22(36)17-27-31(6)18-24(21-34)28(37)23(2)26(31)9-11-32(27,7)30(5)13-15-33(10-8-16-35)14-12-29(3,4)19-25(33)20-30/h17-18,23,25-26,35H,8-16,19-20H2,1-7H3/b27-17-/t23-,25?,26-,30+,31-,32+,33+/m0/s1. The van der Waals surface area contributed by atoms with Crippen molar-refractivity contribution in [2.45, 2.75) is 113 Å². The maximum absolute atomic E-state index is 13.0. The van der Waals surface area contributed by atoms with Crippen molar-refractivity contribution in [1.82, 2.24) is 0 Å². The predicted molar refractivity (Wildman–Crippen MR) is 147 cm³/mol. The van der Waals surface area contributed by atoms with Gasteiger partial charge in [-0.25, -0.2) is 0 Å². The molecule has 3 saturated carbocycles. The number of fused-ring (bicyclic) bond motifs is 2. The number of hydrogen-bond acceptors (Lipinski definition) is 4. The van der Waals surface area contributed by atoms with E-state index in [1.165, 1.54) is 25.7 Å². The number of Topliss-reactive ketones (excluding diaryl/α,β-unsaturated/α-hetero) is 1. The second-order valence-corrected chi connectivity index (χ2v) is 14.8. The van der Waals surface area contributed by atoms with Crippen molar-refractivity contribution < 1.29 is 14.7 Å². The molecule has 37 heavy (non-hydrogen) atoms. The zero-order valence-electron chi connectivity index (χ0n) is 24.4. The van der Waals surface area contributed by atoms with Crippen LogP contribution in [0.1, 0.15) is 113 Å². The van der Waals surface area contributed by atoms with E-state index in [4.69, 9.17) is 0 Å². The Kier molecular flexibility index (Phi) is 7.24. The SMILES string of the molecule is CC(=O)/C=C1/[C@@]2(C)C=C(C#N)C(=O)[C@@H](C)[C@@H]2CC[C@@]1(C)[C@]1(C)CC[C@@]2(CCCO)CCC(C)(C)CC2C1. The van der Waals surface area contributed by atoms with Gasteiger partial charge >= 0.3 is 0 Å². The van der Waals surface area contributed by atoms with Gasteiger partial charge in [-0.15, -0.1) is 0 Å². The Morgan fingerprint density at radius 2 is 1.78 bits per heavy atom. The van der Waals surface area contributed by atoms with Gasteiger partial charge in [-0.05, 0) is 111 Å². The quantitative estimate of drug-likeness (QED) is 0.394. The molecule has 4 heteroatoms. The zero-order valence-corrected chi connectivity index (χ0v) is 24.4. The molecule has 0 amide bonds. The summed E-state index contributed by atoms with van der Waals surface area (Å²) in [6.45, 7) is 15.8. The Bertz CT molecular complexity index is 1060. The Morgan fingerprint density at radius 1 is 1.11 bits per heavy atom. The average molecular weight is 508 g/mol. The fraction of sp³-hybridized carbons (Fsp3) is 0.788. The van der Waals surface area contributed by atoms with Crippen molar-refractivity contribution in [3.05, 3.63) is 23.3 Å². The first kappa shape index (κ1) is 28.3. The van der Waals surface area contributed by atoms with Crippen LogP contribution in [0.15, 0.2) is 23.3 Å². The lowest BCUT2D eigenvalue weighted by Crippen LogP contribution is -2.56. The molecule has 3 fully saturated rings. The number of nitriles is 1. The number of aliphatic hydroxyl groups excluding tert-OH is 1. The molecular formula is C33H49NO3. The van der Waals surface area contributed by atoms with E-state index in [1.807, 2.05) is 19.1 Å². The summed E-state index contributed by atoms with van der Waals surface area (Å²) in [5.74, 6) is 0.515. The molecule has 4 rings (SSSR count). The maximum atomic E-state index is 13.0. The molecule has 1 N–H and O–H groups in total. The molecular weight excluding hydrogens is 458 g/mol. The molecule has 0 radical (unpaired) electrons. The lowest BCUT2D eigenvalue weighted by molar-refractivity contribution is -0.126. The summed E-state index contributed by atoms with van der Waals surface area (Å²) in [4.78, 5) is 25.7. The maximum Gasteiger partial charge on any atom is 0.176 e. The number of nitrogens with zero attached hydrogens (tertiary/aromatic N) is 1. The van der Waals surface area contributed by atoms with E-state index in [0.29, 0.717) is 16.7 Å². The van der Waals surface area contributed by atoms with Crippen molar-refractivity contribution in [2.24, 2.45) is 44.8 Å². The van der Waals surface area contributed by atoms with Crippen molar-refractivity contribution in [1.29, 1.82) is 5.26 Å². The van der Waals surface area contributed by atoms with E-state index in [-0.39, 0.29) is 46.4 Å². The first-order chi connectivity index (χ1) is 17.2. The third-order valence-corrected chi connectivity index (χ3v) is 12.1. The summed E-state index contributed by atoms with van der Waals surface area (Å²) < 4.78 is 0. The summed E-state index contributed by atoms with van der Waals surface area (Å²) >= 11 is 0. The summed E-state index contributed by atoms with van der Waals surface area (Å²) in [6.07, 6.45) is 14.9. The molecule has 0 saturated heterocycles. The highest BCUT2D eigenvalue weighted by Gasteiger charge is 2.62. The number of rotatable bonds is 5. The van der Waals surface area contributed by atoms with E-state index in [2.05, 4.69) is 40.7 Å². The molecule has 0 heterocycles. The van der Waals surface area contributed by atoms with Crippen LogP contribution in [-0.2, 0) is 9.59 Å². The molecule has 7 atom stereocenters. The van der Waals surface area contributed by atoms with Crippen LogP contribution in [0.25, 0.3) is 0 Å². The van der Waals surface area contributed by atoms with Gasteiger partial charge in [0.1, 0.15) is 6.07 Å². The molecule has 4 aliphatic rings. The number of ketones is 2. The van der Waals surface area contributed by atoms with Gasteiger partial charge in [0, 0.05) is 17.9 Å². The van der Waals surface area contributed by atoms with Crippen molar-refractivity contribution in [3.8, 4) is 6.07 Å². The van der Waals surface area contributed by atoms with Gasteiger partial charge in [-0.1, -0.05) is 53.2 Å². The highest BCUT2D eigenvalue weighted by atomic mass is 16.3. The van der Waals surface area contributed by atoms with Gasteiger partial charge in [-0.3, -0.25) is 9.59 Å². The minimum atomic E-state index is -0.475. The highest BCUT2D eigenvalue weighted by Crippen LogP contribution is 2.70. The van der Waals surface area contributed by atoms with Crippen LogP contribution in [0.3, 0.4) is 0 Å². The summed E-state index contributed by atoms with van der Waals surface area (Å²) in [7, 11) is 0. The summed E-state index contributed by atoms with van der Waals surface area (Å²) in [5, 5.41) is 19.5. The highest BCUT2D eigenvalue weighted by molar-refractivity contribution is 6.02. The van der Waals surface area contributed by atoms with Gasteiger partial charge in [0.05, 0.1) is 5.57 Å². The lowest BCUT2D eigenvalue weighted by atomic mass is 9.39. The Morgan fingerprint density at radius 3 is 2.41 bits per heavy atom. The van der Waals surface area contributed by atoms with Gasteiger partial charge < -0.3 is 5.11 Å². The van der Waals surface area contributed by atoms with E-state index in [9.17, 15) is 20.0 Å². The van der Waals surface area contributed by atoms with E-state index < -0.39 is 5.41 Å².